The Morgan fingerprint density at radius 3 is 2.70 bits per heavy atom. The summed E-state index contributed by atoms with van der Waals surface area (Å²) >= 11 is 0. The highest BCUT2D eigenvalue weighted by Crippen LogP contribution is 2.18. The van der Waals surface area contributed by atoms with Gasteiger partial charge in [0.15, 0.2) is 0 Å². The highest BCUT2D eigenvalue weighted by Gasteiger charge is 2.11. The number of hydrogen-bond acceptors (Lipinski definition) is 3. The van der Waals surface area contributed by atoms with Gasteiger partial charge < -0.3 is 14.6 Å². The van der Waals surface area contributed by atoms with Crippen LogP contribution in [0.25, 0.3) is 11.0 Å². The summed E-state index contributed by atoms with van der Waals surface area (Å²) in [6.45, 7) is 0.402. The summed E-state index contributed by atoms with van der Waals surface area (Å²) in [4.78, 5) is 16.7. The van der Waals surface area contributed by atoms with E-state index in [0.29, 0.717) is 6.54 Å². The molecule has 0 atom stereocenters. The second-order valence-electron chi connectivity index (χ2n) is 5.34. The average Bonchev–Trinajstić information content (AvgIpc) is 2.90. The summed E-state index contributed by atoms with van der Waals surface area (Å²) in [5, 5.41) is 2.92. The molecule has 1 aromatic heterocycles. The van der Waals surface area contributed by atoms with Crippen molar-refractivity contribution in [1.82, 2.24) is 14.9 Å². The molecule has 23 heavy (non-hydrogen) atoms. The van der Waals surface area contributed by atoms with Gasteiger partial charge >= 0.3 is 0 Å². The Labute approximate surface area is 134 Å². The molecular weight excluding hydrogens is 290 g/mol. The topological polar surface area (TPSA) is 56.1 Å². The number of imidazole rings is 1. The number of benzene rings is 2. The highest BCUT2D eigenvalue weighted by atomic mass is 16.5. The smallest absolute Gasteiger partial charge is 0.224 e. The van der Waals surface area contributed by atoms with Crippen molar-refractivity contribution in [3.63, 3.8) is 0 Å². The Morgan fingerprint density at radius 1 is 1.17 bits per heavy atom. The molecule has 0 aliphatic rings. The van der Waals surface area contributed by atoms with E-state index in [4.69, 9.17) is 4.74 Å². The zero-order chi connectivity index (χ0) is 16.2. The standard InChI is InChI=1S/C18H19N3O2/c1-21-15-9-5-4-8-14(15)20-17(21)12-19-18(22)11-13-7-3-6-10-16(13)23-2/h3-10H,11-12H2,1-2H3,(H,19,22). The number of rotatable bonds is 5. The number of para-hydroxylation sites is 3. The number of methoxy groups -OCH3 is 1. The minimum Gasteiger partial charge on any atom is -0.496 e. The zero-order valence-electron chi connectivity index (χ0n) is 13.2. The van der Waals surface area contributed by atoms with E-state index in [2.05, 4.69) is 10.3 Å². The average molecular weight is 309 g/mol. The Bertz CT molecular complexity index is 839. The Morgan fingerprint density at radius 2 is 1.91 bits per heavy atom. The lowest BCUT2D eigenvalue weighted by molar-refractivity contribution is -0.120. The number of nitrogens with zero attached hydrogens (tertiary/aromatic N) is 2. The second-order valence-corrected chi connectivity index (χ2v) is 5.34. The molecule has 0 bridgehead atoms. The van der Waals surface area contributed by atoms with Crippen LogP contribution in [-0.2, 0) is 24.8 Å². The lowest BCUT2D eigenvalue weighted by atomic mass is 10.1. The van der Waals surface area contributed by atoms with Gasteiger partial charge in [-0.25, -0.2) is 4.98 Å². The van der Waals surface area contributed by atoms with E-state index in [1.54, 1.807) is 7.11 Å². The molecule has 0 saturated carbocycles. The van der Waals surface area contributed by atoms with Crippen LogP contribution < -0.4 is 10.1 Å². The second kappa shape index (κ2) is 6.52. The first-order valence-corrected chi connectivity index (χ1v) is 7.48. The molecule has 0 spiro atoms. The molecule has 3 aromatic rings. The summed E-state index contributed by atoms with van der Waals surface area (Å²) < 4.78 is 7.27. The van der Waals surface area contributed by atoms with Gasteiger partial charge in [0.05, 0.1) is 31.1 Å². The first kappa shape index (κ1) is 15.1. The van der Waals surface area contributed by atoms with Crippen molar-refractivity contribution in [2.45, 2.75) is 13.0 Å². The van der Waals surface area contributed by atoms with Crippen LogP contribution in [0, 0.1) is 0 Å². The predicted octanol–water partition coefficient (Wildman–Crippen LogP) is 2.44. The number of aryl methyl sites for hydroxylation is 1. The third-order valence-electron chi connectivity index (χ3n) is 3.87. The van der Waals surface area contributed by atoms with Gasteiger partial charge in [0, 0.05) is 12.6 Å². The van der Waals surface area contributed by atoms with Crippen LogP contribution >= 0.6 is 0 Å². The van der Waals surface area contributed by atoms with E-state index in [0.717, 1.165) is 28.2 Å². The van der Waals surface area contributed by atoms with Crippen molar-refractivity contribution in [3.05, 3.63) is 59.9 Å². The zero-order valence-corrected chi connectivity index (χ0v) is 13.2. The van der Waals surface area contributed by atoms with Gasteiger partial charge in [0.1, 0.15) is 11.6 Å². The normalized spacial score (nSPS) is 10.7. The van der Waals surface area contributed by atoms with Crippen LogP contribution in [0.15, 0.2) is 48.5 Å². The maximum atomic E-state index is 12.2. The summed E-state index contributed by atoms with van der Waals surface area (Å²) in [6.07, 6.45) is 0.286. The largest absolute Gasteiger partial charge is 0.496 e. The van der Waals surface area contributed by atoms with Crippen LogP contribution in [0.5, 0.6) is 5.75 Å². The fourth-order valence-corrected chi connectivity index (χ4v) is 2.62. The quantitative estimate of drug-likeness (QED) is 0.787. The molecule has 0 aliphatic heterocycles. The van der Waals surface area contributed by atoms with Crippen molar-refractivity contribution in [3.8, 4) is 5.75 Å². The molecule has 0 fully saturated rings. The molecule has 5 nitrogen and oxygen atoms in total. The van der Waals surface area contributed by atoms with E-state index in [-0.39, 0.29) is 12.3 Å². The number of carbonyl (C=O) groups is 1. The fourth-order valence-electron chi connectivity index (χ4n) is 2.62. The van der Waals surface area contributed by atoms with Crippen molar-refractivity contribution in [2.75, 3.05) is 7.11 Å². The lowest BCUT2D eigenvalue weighted by Crippen LogP contribution is -2.26. The molecule has 1 amide bonds. The summed E-state index contributed by atoms with van der Waals surface area (Å²) in [6, 6.07) is 15.5. The van der Waals surface area contributed by atoms with Crippen LogP contribution in [0.1, 0.15) is 11.4 Å². The van der Waals surface area contributed by atoms with Gasteiger partial charge in [-0.05, 0) is 18.2 Å². The van der Waals surface area contributed by atoms with Gasteiger partial charge in [-0.15, -0.1) is 0 Å². The SMILES string of the molecule is COc1ccccc1CC(=O)NCc1nc2ccccc2n1C. The van der Waals surface area contributed by atoms with Gasteiger partial charge in [-0.2, -0.15) is 0 Å². The predicted molar refractivity (Wildman–Crippen MR) is 89.3 cm³/mol. The molecule has 5 heteroatoms. The molecule has 0 unspecified atom stereocenters. The minimum absolute atomic E-state index is 0.0541. The van der Waals surface area contributed by atoms with Crippen LogP contribution in [0.2, 0.25) is 0 Å². The fraction of sp³-hybridized carbons (Fsp3) is 0.222. The molecule has 0 aliphatic carbocycles. The number of fused-ring (bicyclic) bond motifs is 1. The number of carbonyl (C=O) groups excluding carboxylic acids is 1. The van der Waals surface area contributed by atoms with E-state index < -0.39 is 0 Å². The van der Waals surface area contributed by atoms with Gasteiger partial charge in [0.25, 0.3) is 0 Å². The molecular formula is C18H19N3O2. The van der Waals surface area contributed by atoms with Crippen molar-refractivity contribution < 1.29 is 9.53 Å². The van der Waals surface area contributed by atoms with E-state index in [9.17, 15) is 4.79 Å². The lowest BCUT2D eigenvalue weighted by Gasteiger charge is -2.09. The monoisotopic (exact) mass is 309 g/mol. The molecule has 0 radical (unpaired) electrons. The summed E-state index contributed by atoms with van der Waals surface area (Å²) in [5.74, 6) is 1.51. The van der Waals surface area contributed by atoms with Crippen molar-refractivity contribution in [1.29, 1.82) is 0 Å². The Balaban J connectivity index is 1.67. The van der Waals surface area contributed by atoms with E-state index in [1.165, 1.54) is 0 Å². The number of hydrogen-bond donors (Lipinski definition) is 1. The first-order valence-electron chi connectivity index (χ1n) is 7.48. The number of amides is 1. The maximum Gasteiger partial charge on any atom is 0.224 e. The van der Waals surface area contributed by atoms with E-state index >= 15 is 0 Å². The van der Waals surface area contributed by atoms with Crippen LogP contribution in [0.4, 0.5) is 0 Å². The molecule has 1 heterocycles. The van der Waals surface area contributed by atoms with Crippen molar-refractivity contribution >= 4 is 16.9 Å². The Hall–Kier alpha value is -2.82. The third kappa shape index (κ3) is 3.18. The molecule has 3 rings (SSSR count). The van der Waals surface area contributed by atoms with Gasteiger partial charge in [-0.3, -0.25) is 4.79 Å². The highest BCUT2D eigenvalue weighted by molar-refractivity contribution is 5.79. The number of aromatic nitrogens is 2. The summed E-state index contributed by atoms with van der Waals surface area (Å²) in [5.41, 5.74) is 2.86. The number of nitrogens with one attached hydrogen (secondary N) is 1. The minimum atomic E-state index is -0.0541. The van der Waals surface area contributed by atoms with E-state index in [1.807, 2.05) is 60.1 Å². The molecule has 118 valence electrons. The third-order valence-corrected chi connectivity index (χ3v) is 3.87. The van der Waals surface area contributed by atoms with Gasteiger partial charge in [-0.1, -0.05) is 30.3 Å². The van der Waals surface area contributed by atoms with Crippen LogP contribution in [-0.4, -0.2) is 22.6 Å². The van der Waals surface area contributed by atoms with Gasteiger partial charge in [0.2, 0.25) is 5.91 Å². The van der Waals surface area contributed by atoms with Crippen LogP contribution in [0.3, 0.4) is 0 Å². The Kier molecular flexibility index (Phi) is 4.28. The molecule has 2 aromatic carbocycles. The molecule has 0 saturated heterocycles. The summed E-state index contributed by atoms with van der Waals surface area (Å²) in [7, 11) is 3.56. The molecule has 1 N–H and O–H groups in total. The van der Waals surface area contributed by atoms with Crippen molar-refractivity contribution in [2.24, 2.45) is 7.05 Å². The maximum absolute atomic E-state index is 12.2. The number of ether oxygens (including phenoxy) is 1. The first-order chi connectivity index (χ1) is 11.2.